The van der Waals surface area contributed by atoms with Crippen molar-refractivity contribution >= 4 is 61.4 Å². The molecular formula is C20H16Cl2N2O2S. The molecule has 2 aromatic carbocycles. The van der Waals surface area contributed by atoms with Crippen molar-refractivity contribution in [3.05, 3.63) is 63.1 Å². The van der Waals surface area contributed by atoms with Gasteiger partial charge in [0.05, 0.1) is 12.1 Å². The molecule has 0 atom stereocenters. The lowest BCUT2D eigenvalue weighted by Gasteiger charge is -2.04. The Bertz CT molecular complexity index is 1150. The first-order valence-electron chi connectivity index (χ1n) is 8.36. The monoisotopic (exact) mass is 418 g/mol. The lowest BCUT2D eigenvalue weighted by atomic mass is 10.1. The van der Waals surface area contributed by atoms with E-state index < -0.39 is 0 Å². The molecule has 4 nitrogen and oxygen atoms in total. The molecule has 4 rings (SSSR count). The maximum absolute atomic E-state index is 12.6. The van der Waals surface area contributed by atoms with Crippen LogP contribution in [0, 0.1) is 0 Å². The van der Waals surface area contributed by atoms with Gasteiger partial charge in [-0.1, -0.05) is 29.3 Å². The molecule has 0 radical (unpaired) electrons. The van der Waals surface area contributed by atoms with Gasteiger partial charge < -0.3 is 15.0 Å². The molecule has 2 N–H and O–H groups in total. The second kappa shape index (κ2) is 7.43. The summed E-state index contributed by atoms with van der Waals surface area (Å²) >= 11 is 13.8. The van der Waals surface area contributed by atoms with Crippen LogP contribution in [0.4, 0.5) is 0 Å². The Balaban J connectivity index is 1.48. The predicted molar refractivity (Wildman–Crippen MR) is 113 cm³/mol. The minimum Gasteiger partial charge on any atom is -0.497 e. The first-order valence-corrected chi connectivity index (χ1v) is 9.94. The van der Waals surface area contributed by atoms with E-state index in [-0.39, 0.29) is 5.91 Å². The molecule has 27 heavy (non-hydrogen) atoms. The van der Waals surface area contributed by atoms with Gasteiger partial charge in [-0.2, -0.15) is 0 Å². The first kappa shape index (κ1) is 18.2. The normalized spacial score (nSPS) is 11.2. The Morgan fingerprint density at radius 2 is 2.04 bits per heavy atom. The average Bonchev–Trinajstić information content (AvgIpc) is 3.22. The zero-order valence-electron chi connectivity index (χ0n) is 14.4. The summed E-state index contributed by atoms with van der Waals surface area (Å²) in [5.74, 6) is 0.637. The molecule has 138 valence electrons. The van der Waals surface area contributed by atoms with Crippen LogP contribution < -0.4 is 10.1 Å². The summed E-state index contributed by atoms with van der Waals surface area (Å²) in [6, 6.07) is 11.3. The van der Waals surface area contributed by atoms with Crippen molar-refractivity contribution in [1.82, 2.24) is 10.3 Å². The Hall–Kier alpha value is -2.21. The van der Waals surface area contributed by atoms with Crippen LogP contribution in [0.1, 0.15) is 15.2 Å². The van der Waals surface area contributed by atoms with Crippen LogP contribution in [0.25, 0.3) is 21.0 Å². The van der Waals surface area contributed by atoms with E-state index in [1.807, 2.05) is 36.5 Å². The molecule has 0 bridgehead atoms. The lowest BCUT2D eigenvalue weighted by Crippen LogP contribution is -2.25. The number of carbonyl (C=O) groups is 1. The standard InChI is InChI=1S/C20H16Cl2N2O2S/c1-26-13-3-5-16-15(9-13)11(10-24-16)6-7-23-20(25)19-18(22)14-4-2-12(21)8-17(14)27-19/h2-5,8-10,24H,6-7H2,1H3,(H,23,25). The summed E-state index contributed by atoms with van der Waals surface area (Å²) in [6.07, 6.45) is 2.66. The molecule has 2 aromatic heterocycles. The number of rotatable bonds is 5. The van der Waals surface area contributed by atoms with Gasteiger partial charge in [-0.3, -0.25) is 4.79 Å². The molecule has 0 aliphatic heterocycles. The molecular weight excluding hydrogens is 403 g/mol. The van der Waals surface area contributed by atoms with E-state index in [1.165, 1.54) is 11.3 Å². The zero-order chi connectivity index (χ0) is 19.0. The smallest absolute Gasteiger partial charge is 0.262 e. The number of hydrogen-bond donors (Lipinski definition) is 2. The molecule has 0 aliphatic carbocycles. The van der Waals surface area contributed by atoms with Crippen molar-refractivity contribution < 1.29 is 9.53 Å². The molecule has 0 saturated carbocycles. The highest BCUT2D eigenvalue weighted by atomic mass is 35.5. The van der Waals surface area contributed by atoms with Crippen LogP contribution in [-0.4, -0.2) is 24.5 Å². The number of carbonyl (C=O) groups excluding carboxylic acids is 1. The maximum Gasteiger partial charge on any atom is 0.262 e. The summed E-state index contributed by atoms with van der Waals surface area (Å²) < 4.78 is 6.20. The number of H-pyrrole nitrogens is 1. The van der Waals surface area contributed by atoms with Crippen LogP contribution >= 0.6 is 34.5 Å². The van der Waals surface area contributed by atoms with Crippen LogP contribution in [0.2, 0.25) is 10.0 Å². The number of halogens is 2. The van der Waals surface area contributed by atoms with Crippen molar-refractivity contribution in [2.45, 2.75) is 6.42 Å². The molecule has 0 saturated heterocycles. The third-order valence-corrected chi connectivity index (χ3v) is 6.34. The first-order chi connectivity index (χ1) is 13.1. The quantitative estimate of drug-likeness (QED) is 0.438. The zero-order valence-corrected chi connectivity index (χ0v) is 16.8. The maximum atomic E-state index is 12.6. The van der Waals surface area contributed by atoms with Crippen LogP contribution in [0.15, 0.2) is 42.6 Å². The van der Waals surface area contributed by atoms with Crippen molar-refractivity contribution in [2.24, 2.45) is 0 Å². The van der Waals surface area contributed by atoms with E-state index in [2.05, 4.69) is 10.3 Å². The highest BCUT2D eigenvalue weighted by Gasteiger charge is 2.17. The Morgan fingerprint density at radius 3 is 2.85 bits per heavy atom. The molecule has 0 fully saturated rings. The second-order valence-electron chi connectivity index (χ2n) is 6.12. The van der Waals surface area contributed by atoms with E-state index in [9.17, 15) is 4.79 Å². The van der Waals surface area contributed by atoms with E-state index in [0.717, 1.165) is 32.3 Å². The predicted octanol–water partition coefficient (Wildman–Crippen LogP) is 5.67. The van der Waals surface area contributed by atoms with Gasteiger partial charge in [0.25, 0.3) is 5.91 Å². The number of aromatic amines is 1. The Morgan fingerprint density at radius 1 is 1.19 bits per heavy atom. The Labute approximate surface area is 170 Å². The van der Waals surface area contributed by atoms with Gasteiger partial charge in [-0.25, -0.2) is 0 Å². The van der Waals surface area contributed by atoms with Gasteiger partial charge >= 0.3 is 0 Å². The van der Waals surface area contributed by atoms with E-state index in [1.54, 1.807) is 13.2 Å². The van der Waals surface area contributed by atoms with Crippen molar-refractivity contribution in [3.8, 4) is 5.75 Å². The number of methoxy groups -OCH3 is 1. The minimum atomic E-state index is -0.172. The van der Waals surface area contributed by atoms with Crippen LogP contribution in [0.3, 0.4) is 0 Å². The lowest BCUT2D eigenvalue weighted by molar-refractivity contribution is 0.0958. The minimum absolute atomic E-state index is 0.172. The molecule has 7 heteroatoms. The SMILES string of the molecule is COc1ccc2[nH]cc(CCNC(=O)c3sc4cc(Cl)ccc4c3Cl)c2c1. The topological polar surface area (TPSA) is 54.1 Å². The molecule has 0 unspecified atom stereocenters. The number of amides is 1. The number of fused-ring (bicyclic) bond motifs is 2. The number of benzene rings is 2. The van der Waals surface area contributed by atoms with E-state index in [4.69, 9.17) is 27.9 Å². The van der Waals surface area contributed by atoms with Gasteiger partial charge in [0, 0.05) is 38.8 Å². The summed E-state index contributed by atoms with van der Waals surface area (Å²) in [7, 11) is 1.65. The second-order valence-corrected chi connectivity index (χ2v) is 7.98. The molecule has 0 spiro atoms. The van der Waals surface area contributed by atoms with Gasteiger partial charge in [0.1, 0.15) is 10.6 Å². The number of ether oxygens (including phenoxy) is 1. The highest BCUT2D eigenvalue weighted by Crippen LogP contribution is 2.36. The molecule has 0 aliphatic rings. The molecule has 1 amide bonds. The van der Waals surface area contributed by atoms with Gasteiger partial charge in [0.2, 0.25) is 0 Å². The summed E-state index contributed by atoms with van der Waals surface area (Å²) in [5, 5.41) is 6.00. The summed E-state index contributed by atoms with van der Waals surface area (Å²) in [4.78, 5) is 16.3. The van der Waals surface area contributed by atoms with Crippen LogP contribution in [-0.2, 0) is 6.42 Å². The number of hydrogen-bond acceptors (Lipinski definition) is 3. The molecule has 2 heterocycles. The largest absolute Gasteiger partial charge is 0.497 e. The number of aromatic nitrogens is 1. The third-order valence-electron chi connectivity index (χ3n) is 4.45. The average molecular weight is 419 g/mol. The number of nitrogens with one attached hydrogen (secondary N) is 2. The van der Waals surface area contributed by atoms with Crippen molar-refractivity contribution in [2.75, 3.05) is 13.7 Å². The third kappa shape index (κ3) is 3.50. The van der Waals surface area contributed by atoms with Gasteiger partial charge in [0.15, 0.2) is 0 Å². The summed E-state index contributed by atoms with van der Waals surface area (Å²) in [6.45, 7) is 0.508. The van der Waals surface area contributed by atoms with E-state index >= 15 is 0 Å². The van der Waals surface area contributed by atoms with Crippen LogP contribution in [0.5, 0.6) is 5.75 Å². The van der Waals surface area contributed by atoms with Crippen molar-refractivity contribution in [3.63, 3.8) is 0 Å². The summed E-state index contributed by atoms with van der Waals surface area (Å²) in [5.41, 5.74) is 2.17. The van der Waals surface area contributed by atoms with Gasteiger partial charge in [-0.05, 0) is 42.3 Å². The molecule has 4 aromatic rings. The Kier molecular flexibility index (Phi) is 5.00. The number of thiophene rings is 1. The van der Waals surface area contributed by atoms with E-state index in [0.29, 0.717) is 27.9 Å². The van der Waals surface area contributed by atoms with Crippen molar-refractivity contribution in [1.29, 1.82) is 0 Å². The van der Waals surface area contributed by atoms with Gasteiger partial charge in [-0.15, -0.1) is 11.3 Å². The fourth-order valence-corrected chi connectivity index (χ4v) is 4.78. The fraction of sp³-hybridized carbons (Fsp3) is 0.150. The highest BCUT2D eigenvalue weighted by molar-refractivity contribution is 7.21. The fourth-order valence-electron chi connectivity index (χ4n) is 3.07.